The summed E-state index contributed by atoms with van der Waals surface area (Å²) in [5, 5.41) is -0.425. The minimum atomic E-state index is -3.31. The Balaban J connectivity index is 0.00000225. The second-order valence-corrected chi connectivity index (χ2v) is 9.87. The lowest BCUT2D eigenvalue weighted by molar-refractivity contribution is -0.136. The molecule has 2 saturated heterocycles. The van der Waals surface area contributed by atoms with Crippen molar-refractivity contribution in [1.29, 1.82) is 0 Å². The summed E-state index contributed by atoms with van der Waals surface area (Å²) in [7, 11) is -3.31. The van der Waals surface area contributed by atoms with Crippen LogP contribution in [0, 0.1) is 11.8 Å². The van der Waals surface area contributed by atoms with E-state index in [0.29, 0.717) is 38.5 Å². The van der Waals surface area contributed by atoms with E-state index in [9.17, 15) is 13.2 Å². The molecule has 2 heterocycles. The smallest absolute Gasteiger partial charge is 0.225 e. The van der Waals surface area contributed by atoms with Crippen molar-refractivity contribution >= 4 is 28.3 Å². The van der Waals surface area contributed by atoms with Crippen molar-refractivity contribution in [2.24, 2.45) is 17.6 Å². The summed E-state index contributed by atoms with van der Waals surface area (Å²) in [6, 6.07) is 0. The largest absolute Gasteiger partial charge is 0.341 e. The van der Waals surface area contributed by atoms with Crippen LogP contribution < -0.4 is 5.73 Å². The lowest BCUT2D eigenvalue weighted by atomic mass is 9.99. The molecule has 0 aromatic rings. The summed E-state index contributed by atoms with van der Waals surface area (Å²) in [5.74, 6) is 0.768. The highest BCUT2D eigenvalue weighted by molar-refractivity contribution is 7.89. The van der Waals surface area contributed by atoms with Crippen LogP contribution in [0.2, 0.25) is 0 Å². The molecule has 1 amide bonds. The number of rotatable bonds is 4. The fourth-order valence-electron chi connectivity index (χ4n) is 4.42. The number of sulfonamides is 1. The normalized spacial score (nSPS) is 27.2. The number of piperidine rings is 2. The number of likely N-dealkylation sites (tertiary alicyclic amines) is 1. The van der Waals surface area contributed by atoms with Crippen molar-refractivity contribution in [2.45, 2.75) is 56.6 Å². The van der Waals surface area contributed by atoms with Crippen LogP contribution in [0.3, 0.4) is 0 Å². The monoisotopic (exact) mass is 393 g/mol. The number of nitrogens with two attached hydrogens (primary N) is 1. The van der Waals surface area contributed by atoms with E-state index in [2.05, 4.69) is 0 Å². The highest BCUT2D eigenvalue weighted by atomic mass is 35.5. The molecule has 3 rings (SSSR count). The third kappa shape index (κ3) is 4.67. The van der Waals surface area contributed by atoms with E-state index in [-0.39, 0.29) is 24.2 Å². The molecule has 1 saturated carbocycles. The molecule has 25 heavy (non-hydrogen) atoms. The van der Waals surface area contributed by atoms with E-state index in [4.69, 9.17) is 5.73 Å². The van der Waals surface area contributed by atoms with Gasteiger partial charge in [0.05, 0.1) is 5.25 Å². The van der Waals surface area contributed by atoms with Gasteiger partial charge in [0.2, 0.25) is 15.9 Å². The van der Waals surface area contributed by atoms with Crippen LogP contribution in [0.1, 0.15) is 51.4 Å². The van der Waals surface area contributed by atoms with E-state index >= 15 is 0 Å². The lowest BCUT2D eigenvalue weighted by Gasteiger charge is -2.38. The van der Waals surface area contributed by atoms with Gasteiger partial charge in [-0.05, 0) is 51.0 Å². The maximum absolute atomic E-state index is 13.0. The van der Waals surface area contributed by atoms with Crippen LogP contribution in [-0.2, 0) is 14.8 Å². The molecule has 8 heteroatoms. The van der Waals surface area contributed by atoms with Gasteiger partial charge >= 0.3 is 0 Å². The molecule has 3 fully saturated rings. The Morgan fingerprint density at radius 3 is 2.20 bits per heavy atom. The maximum Gasteiger partial charge on any atom is 0.225 e. The molecule has 1 unspecified atom stereocenters. The molecule has 6 nitrogen and oxygen atoms in total. The molecule has 3 aliphatic rings. The Labute approximate surface area is 157 Å². The summed E-state index contributed by atoms with van der Waals surface area (Å²) in [6.45, 7) is 2.90. The molecule has 0 bridgehead atoms. The molecule has 0 aromatic heterocycles. The Morgan fingerprint density at radius 1 is 0.960 bits per heavy atom. The minimum Gasteiger partial charge on any atom is -0.341 e. The first-order valence-electron chi connectivity index (χ1n) is 9.50. The van der Waals surface area contributed by atoms with Crippen LogP contribution >= 0.6 is 12.4 Å². The fourth-order valence-corrected chi connectivity index (χ4v) is 6.40. The molecule has 146 valence electrons. The lowest BCUT2D eigenvalue weighted by Crippen LogP contribution is -2.52. The molecular formula is C17H32ClN3O3S. The Bertz CT molecular complexity index is 543. The summed E-state index contributed by atoms with van der Waals surface area (Å²) in [4.78, 5) is 14.5. The molecule has 0 radical (unpaired) electrons. The van der Waals surface area contributed by atoms with Gasteiger partial charge in [-0.3, -0.25) is 4.79 Å². The average molecular weight is 394 g/mol. The first-order valence-corrected chi connectivity index (χ1v) is 11.0. The minimum absolute atomic E-state index is 0. The standard InChI is InChI=1S/C17H31N3O3S.ClH/c18-12-14-7-10-20(11-8-14)24(22,23)16-6-3-9-19(13-16)17(21)15-4-1-2-5-15;/h14-16H,1-13,18H2;1H. The zero-order valence-corrected chi connectivity index (χ0v) is 16.6. The molecule has 1 aliphatic carbocycles. The number of amides is 1. The number of carbonyl (C=O) groups is 1. The first kappa shape index (κ1) is 20.9. The zero-order chi connectivity index (χ0) is 17.2. The van der Waals surface area contributed by atoms with E-state index < -0.39 is 15.3 Å². The Hall–Kier alpha value is -0.370. The second kappa shape index (κ2) is 9.02. The Kier molecular flexibility index (Phi) is 7.55. The molecule has 0 aromatic carbocycles. The van der Waals surface area contributed by atoms with Gasteiger partial charge in [-0.2, -0.15) is 0 Å². The molecule has 0 spiro atoms. The van der Waals surface area contributed by atoms with E-state index in [0.717, 1.165) is 51.5 Å². The summed E-state index contributed by atoms with van der Waals surface area (Å²) >= 11 is 0. The predicted molar refractivity (Wildman–Crippen MR) is 101 cm³/mol. The van der Waals surface area contributed by atoms with Crippen LogP contribution in [0.25, 0.3) is 0 Å². The highest BCUT2D eigenvalue weighted by Gasteiger charge is 2.39. The quantitative estimate of drug-likeness (QED) is 0.786. The SMILES string of the molecule is Cl.NCC1CCN(S(=O)(=O)C2CCCN(C(=O)C3CCCC3)C2)CC1. The average Bonchev–Trinajstić information content (AvgIpc) is 3.16. The van der Waals surface area contributed by atoms with Gasteiger partial charge in [-0.25, -0.2) is 12.7 Å². The van der Waals surface area contributed by atoms with Gasteiger partial charge in [0.15, 0.2) is 0 Å². The molecular weight excluding hydrogens is 362 g/mol. The summed E-state index contributed by atoms with van der Waals surface area (Å²) in [5.41, 5.74) is 5.70. The van der Waals surface area contributed by atoms with Crippen molar-refractivity contribution in [3.8, 4) is 0 Å². The van der Waals surface area contributed by atoms with Gasteiger partial charge in [-0.15, -0.1) is 12.4 Å². The highest BCUT2D eigenvalue weighted by Crippen LogP contribution is 2.30. The first-order chi connectivity index (χ1) is 11.5. The summed E-state index contributed by atoms with van der Waals surface area (Å²) < 4.78 is 27.6. The topological polar surface area (TPSA) is 83.7 Å². The zero-order valence-electron chi connectivity index (χ0n) is 14.9. The van der Waals surface area contributed by atoms with Gasteiger partial charge < -0.3 is 10.6 Å². The van der Waals surface area contributed by atoms with Crippen molar-refractivity contribution in [3.63, 3.8) is 0 Å². The second-order valence-electron chi connectivity index (χ2n) is 7.65. The van der Waals surface area contributed by atoms with E-state index in [1.165, 1.54) is 0 Å². The van der Waals surface area contributed by atoms with Gasteiger partial charge in [-0.1, -0.05) is 12.8 Å². The predicted octanol–water partition coefficient (Wildman–Crippen LogP) is 1.59. The molecule has 2 aliphatic heterocycles. The van der Waals surface area contributed by atoms with Crippen molar-refractivity contribution in [3.05, 3.63) is 0 Å². The molecule has 1 atom stereocenters. The van der Waals surface area contributed by atoms with Crippen LogP contribution in [0.5, 0.6) is 0 Å². The van der Waals surface area contributed by atoms with E-state index in [1.807, 2.05) is 4.90 Å². The van der Waals surface area contributed by atoms with Crippen molar-refractivity contribution in [2.75, 3.05) is 32.7 Å². The van der Waals surface area contributed by atoms with E-state index in [1.54, 1.807) is 4.31 Å². The fraction of sp³-hybridized carbons (Fsp3) is 0.941. The number of halogens is 1. The third-order valence-electron chi connectivity index (χ3n) is 6.08. The maximum atomic E-state index is 13.0. The van der Waals surface area contributed by atoms with Crippen molar-refractivity contribution < 1.29 is 13.2 Å². The summed E-state index contributed by atoms with van der Waals surface area (Å²) in [6.07, 6.45) is 7.37. The number of hydrogen-bond acceptors (Lipinski definition) is 4. The number of nitrogens with zero attached hydrogens (tertiary/aromatic N) is 2. The third-order valence-corrected chi connectivity index (χ3v) is 8.39. The van der Waals surface area contributed by atoms with Crippen molar-refractivity contribution in [1.82, 2.24) is 9.21 Å². The number of hydrogen-bond donors (Lipinski definition) is 1. The van der Waals surface area contributed by atoms with Gasteiger partial charge in [0.25, 0.3) is 0 Å². The molecule has 2 N–H and O–H groups in total. The number of carbonyl (C=O) groups excluding carboxylic acids is 1. The van der Waals surface area contributed by atoms with Crippen LogP contribution in [-0.4, -0.2) is 61.5 Å². The van der Waals surface area contributed by atoms with Crippen LogP contribution in [0.4, 0.5) is 0 Å². The Morgan fingerprint density at radius 2 is 1.60 bits per heavy atom. The van der Waals surface area contributed by atoms with Gasteiger partial charge in [0.1, 0.15) is 0 Å². The van der Waals surface area contributed by atoms with Gasteiger partial charge in [0, 0.05) is 32.1 Å². The van der Waals surface area contributed by atoms with Crippen LogP contribution in [0.15, 0.2) is 0 Å².